The van der Waals surface area contributed by atoms with Crippen molar-refractivity contribution in [3.8, 4) is 16.9 Å². The molecule has 0 aliphatic carbocycles. The number of nitrogens with zero attached hydrogens (tertiary/aromatic N) is 5. The fourth-order valence-electron chi connectivity index (χ4n) is 5.14. The summed E-state index contributed by atoms with van der Waals surface area (Å²) in [6.07, 6.45) is 3.91. The van der Waals surface area contributed by atoms with Gasteiger partial charge in [0, 0.05) is 60.3 Å². The average Bonchev–Trinajstić information content (AvgIpc) is 3.43. The molecular weight excluding hydrogens is 533 g/mol. The van der Waals surface area contributed by atoms with Crippen LogP contribution in [0.3, 0.4) is 0 Å². The van der Waals surface area contributed by atoms with Crippen LogP contribution in [0.2, 0.25) is 0 Å². The highest BCUT2D eigenvalue weighted by atomic mass is 31.1. The van der Waals surface area contributed by atoms with Crippen molar-refractivity contribution in [2.75, 3.05) is 62.3 Å². The van der Waals surface area contributed by atoms with Crippen molar-refractivity contribution in [2.45, 2.75) is 0 Å². The number of hydrogen-bond donors (Lipinski definition) is 2. The molecule has 0 radical (unpaired) electrons. The number of aromatic nitrogens is 4. The molecule has 0 atom stereocenters. The van der Waals surface area contributed by atoms with Gasteiger partial charge in [-0.05, 0) is 42.9 Å². The van der Waals surface area contributed by atoms with E-state index in [9.17, 15) is 0 Å². The highest BCUT2D eigenvalue weighted by Crippen LogP contribution is 2.41. The predicted molar refractivity (Wildman–Crippen MR) is 169 cm³/mol. The Morgan fingerprint density at radius 2 is 1.71 bits per heavy atom. The van der Waals surface area contributed by atoms with Crippen LogP contribution in [0.4, 0.5) is 28.8 Å². The summed E-state index contributed by atoms with van der Waals surface area (Å²) in [6.45, 7) is 7.52. The second-order valence-corrected chi connectivity index (χ2v) is 12.4. The number of methoxy groups -OCH3 is 1. The van der Waals surface area contributed by atoms with Gasteiger partial charge in [-0.15, -0.1) is 0 Å². The molecule has 3 aromatic carbocycles. The Morgan fingerprint density at radius 3 is 2.46 bits per heavy atom. The fraction of sp³-hybridized carbons (Fsp3) is 0.258. The molecule has 1 aliphatic rings. The number of benzene rings is 3. The van der Waals surface area contributed by atoms with Gasteiger partial charge in [-0.3, -0.25) is 4.68 Å². The Bertz CT molecular complexity index is 1680. The lowest BCUT2D eigenvalue weighted by molar-refractivity contribution is 0.122. The third-order valence-corrected chi connectivity index (χ3v) is 8.53. The highest BCUT2D eigenvalue weighted by molar-refractivity contribution is 7.64. The van der Waals surface area contributed by atoms with E-state index in [1.165, 1.54) is 5.30 Å². The third kappa shape index (κ3) is 5.69. The van der Waals surface area contributed by atoms with Crippen LogP contribution < -0.4 is 25.6 Å². The van der Waals surface area contributed by atoms with Crippen molar-refractivity contribution in [3.63, 3.8) is 0 Å². The summed E-state index contributed by atoms with van der Waals surface area (Å²) in [5, 5.41) is 13.8. The number of fused-ring (bicyclic) bond motifs is 1. The SMILES string of the molecule is COc1cc(N2CCOCC2)c(-c2cnn(C)c2)cc1Nc1nc(Nc2ccccc2P(C)C)c2ccccc2n1. The molecule has 6 rings (SSSR count). The molecule has 210 valence electrons. The van der Waals surface area contributed by atoms with Crippen LogP contribution in [0.25, 0.3) is 22.0 Å². The average molecular weight is 568 g/mol. The molecule has 2 aromatic heterocycles. The van der Waals surface area contributed by atoms with E-state index in [1.807, 2.05) is 54.5 Å². The molecule has 3 heterocycles. The van der Waals surface area contributed by atoms with Gasteiger partial charge in [0.1, 0.15) is 11.6 Å². The van der Waals surface area contributed by atoms with E-state index in [0.717, 1.165) is 58.0 Å². The normalized spacial score (nSPS) is 13.5. The predicted octanol–water partition coefficient (Wildman–Crippen LogP) is 5.73. The van der Waals surface area contributed by atoms with Crippen LogP contribution in [0.15, 0.2) is 73.1 Å². The number of anilines is 5. The zero-order valence-corrected chi connectivity index (χ0v) is 24.7. The largest absolute Gasteiger partial charge is 0.494 e. The molecule has 0 unspecified atom stereocenters. The number of rotatable bonds is 8. The molecule has 9 nitrogen and oxygen atoms in total. The van der Waals surface area contributed by atoms with Crippen molar-refractivity contribution in [1.29, 1.82) is 0 Å². The van der Waals surface area contributed by atoms with E-state index in [2.05, 4.69) is 64.3 Å². The first-order valence-electron chi connectivity index (χ1n) is 13.6. The Kier molecular flexibility index (Phi) is 7.72. The van der Waals surface area contributed by atoms with Crippen LogP contribution in [-0.4, -0.2) is 66.5 Å². The van der Waals surface area contributed by atoms with E-state index in [1.54, 1.807) is 7.11 Å². The number of ether oxygens (including phenoxy) is 2. The molecule has 0 spiro atoms. The maximum atomic E-state index is 5.89. The topological polar surface area (TPSA) is 89.4 Å². The molecule has 0 amide bonds. The molecular formula is C31H34N7O2P. The van der Waals surface area contributed by atoms with Gasteiger partial charge in [0.05, 0.1) is 37.7 Å². The number of para-hydroxylation sites is 2. The minimum atomic E-state index is -0.300. The second-order valence-electron chi connectivity index (χ2n) is 10.1. The summed E-state index contributed by atoms with van der Waals surface area (Å²) < 4.78 is 13.3. The Balaban J connectivity index is 1.43. The molecule has 2 N–H and O–H groups in total. The molecule has 5 aromatic rings. The Labute approximate surface area is 241 Å². The summed E-state index contributed by atoms with van der Waals surface area (Å²) >= 11 is 0. The maximum Gasteiger partial charge on any atom is 0.229 e. The zero-order chi connectivity index (χ0) is 28.3. The first-order chi connectivity index (χ1) is 20.0. The smallest absolute Gasteiger partial charge is 0.229 e. The second kappa shape index (κ2) is 11.7. The number of aryl methyl sites for hydroxylation is 1. The summed E-state index contributed by atoms with van der Waals surface area (Å²) in [7, 11) is 3.31. The van der Waals surface area contributed by atoms with Gasteiger partial charge in [0.25, 0.3) is 0 Å². The minimum absolute atomic E-state index is 0.300. The van der Waals surface area contributed by atoms with Crippen LogP contribution in [-0.2, 0) is 11.8 Å². The van der Waals surface area contributed by atoms with Gasteiger partial charge in [0.2, 0.25) is 5.95 Å². The molecule has 0 bridgehead atoms. The number of nitrogens with one attached hydrogen (secondary N) is 2. The van der Waals surface area contributed by atoms with Gasteiger partial charge in [-0.1, -0.05) is 38.3 Å². The van der Waals surface area contributed by atoms with Crippen LogP contribution in [0, 0.1) is 0 Å². The lowest BCUT2D eigenvalue weighted by Crippen LogP contribution is -2.36. The van der Waals surface area contributed by atoms with Gasteiger partial charge >= 0.3 is 0 Å². The van der Waals surface area contributed by atoms with E-state index in [0.29, 0.717) is 24.9 Å². The summed E-state index contributed by atoms with van der Waals surface area (Å²) in [4.78, 5) is 12.2. The van der Waals surface area contributed by atoms with Gasteiger partial charge in [-0.25, -0.2) is 4.98 Å². The fourth-order valence-corrected chi connectivity index (χ4v) is 6.13. The third-order valence-electron chi connectivity index (χ3n) is 7.17. The standard InChI is InChI=1S/C31H34N7O2P/c1-37-20-21(19-32-37)23-17-26(28(39-2)18-27(23)38-13-15-40-16-14-38)35-31-34-24-10-6-5-9-22(24)30(36-31)33-25-11-7-8-12-29(25)41(3)4/h5-12,17-20H,13-16H2,1-4H3,(H2,33,34,35,36). The molecule has 1 aliphatic heterocycles. The van der Waals surface area contributed by atoms with E-state index in [4.69, 9.17) is 19.4 Å². The summed E-state index contributed by atoms with van der Waals surface area (Å²) in [5.41, 5.74) is 5.83. The van der Waals surface area contributed by atoms with E-state index >= 15 is 0 Å². The van der Waals surface area contributed by atoms with Crippen molar-refractivity contribution in [2.24, 2.45) is 7.05 Å². The number of morpholine rings is 1. The van der Waals surface area contributed by atoms with Crippen molar-refractivity contribution in [1.82, 2.24) is 19.7 Å². The van der Waals surface area contributed by atoms with E-state index < -0.39 is 0 Å². The first-order valence-corrected chi connectivity index (χ1v) is 15.8. The Morgan fingerprint density at radius 1 is 0.927 bits per heavy atom. The first kappa shape index (κ1) is 27.0. The van der Waals surface area contributed by atoms with Crippen LogP contribution in [0.1, 0.15) is 0 Å². The molecule has 1 saturated heterocycles. The van der Waals surface area contributed by atoms with Crippen molar-refractivity contribution in [3.05, 3.63) is 73.1 Å². The summed E-state index contributed by atoms with van der Waals surface area (Å²) in [5.74, 6) is 1.94. The lowest BCUT2D eigenvalue weighted by Gasteiger charge is -2.31. The van der Waals surface area contributed by atoms with Gasteiger partial charge < -0.3 is 25.0 Å². The van der Waals surface area contributed by atoms with E-state index in [-0.39, 0.29) is 7.92 Å². The van der Waals surface area contributed by atoms with Gasteiger partial charge in [-0.2, -0.15) is 10.1 Å². The van der Waals surface area contributed by atoms with Crippen LogP contribution >= 0.6 is 7.92 Å². The highest BCUT2D eigenvalue weighted by Gasteiger charge is 2.21. The summed E-state index contributed by atoms with van der Waals surface area (Å²) in [6, 6.07) is 20.7. The quantitative estimate of drug-likeness (QED) is 0.230. The van der Waals surface area contributed by atoms with Gasteiger partial charge in [0.15, 0.2) is 0 Å². The lowest BCUT2D eigenvalue weighted by atomic mass is 10.0. The minimum Gasteiger partial charge on any atom is -0.494 e. The number of hydrogen-bond acceptors (Lipinski definition) is 8. The van der Waals surface area contributed by atoms with Crippen molar-refractivity contribution >= 4 is 53.0 Å². The van der Waals surface area contributed by atoms with Crippen molar-refractivity contribution < 1.29 is 9.47 Å². The Hall–Kier alpha value is -4.20. The zero-order valence-electron chi connectivity index (χ0n) is 23.8. The maximum absolute atomic E-state index is 5.89. The van der Waals surface area contributed by atoms with Crippen LogP contribution in [0.5, 0.6) is 5.75 Å². The molecule has 0 saturated carbocycles. The molecule has 41 heavy (non-hydrogen) atoms. The monoisotopic (exact) mass is 567 g/mol. The molecule has 1 fully saturated rings. The molecule has 10 heteroatoms.